The lowest BCUT2D eigenvalue weighted by Crippen LogP contribution is -2.26. The Morgan fingerprint density at radius 2 is 1.96 bits per heavy atom. The first kappa shape index (κ1) is 17.7. The summed E-state index contributed by atoms with van der Waals surface area (Å²) in [5.74, 6) is -0.410. The molecule has 0 radical (unpaired) electrons. The van der Waals surface area contributed by atoms with Crippen molar-refractivity contribution in [1.82, 2.24) is 5.43 Å². The number of halogens is 2. The van der Waals surface area contributed by atoms with Crippen LogP contribution in [0.1, 0.15) is 5.56 Å². The minimum absolute atomic E-state index is 0.0380. The summed E-state index contributed by atoms with van der Waals surface area (Å²) >= 11 is 11.9. The normalized spacial score (nSPS) is 10.6. The van der Waals surface area contributed by atoms with Gasteiger partial charge in [-0.1, -0.05) is 35.3 Å². The Balaban J connectivity index is 1.92. The number of carbonyl (C=O) groups is 1. The van der Waals surface area contributed by atoms with Crippen molar-refractivity contribution in [3.63, 3.8) is 0 Å². The van der Waals surface area contributed by atoms with Gasteiger partial charge in [0.25, 0.3) is 11.6 Å². The molecule has 0 aliphatic carbocycles. The minimum atomic E-state index is -0.542. The van der Waals surface area contributed by atoms with Gasteiger partial charge in [-0.2, -0.15) is 5.10 Å². The maximum absolute atomic E-state index is 11.7. The van der Waals surface area contributed by atoms with Crippen molar-refractivity contribution in [2.75, 3.05) is 11.9 Å². The summed E-state index contributed by atoms with van der Waals surface area (Å²) in [5, 5.41) is 18.1. The molecule has 0 aromatic heterocycles. The van der Waals surface area contributed by atoms with Gasteiger partial charge in [-0.25, -0.2) is 5.43 Å². The number of amides is 1. The fourth-order valence-corrected chi connectivity index (χ4v) is 2.11. The number of nitro groups is 1. The number of nitro benzene ring substituents is 1. The van der Waals surface area contributed by atoms with Crippen LogP contribution in [0.2, 0.25) is 10.0 Å². The summed E-state index contributed by atoms with van der Waals surface area (Å²) in [7, 11) is 0. The third-order valence-corrected chi connectivity index (χ3v) is 3.57. The van der Waals surface area contributed by atoms with Gasteiger partial charge in [0, 0.05) is 22.7 Å². The molecule has 7 nitrogen and oxygen atoms in total. The molecule has 0 saturated carbocycles. The highest BCUT2D eigenvalue weighted by Gasteiger charge is 2.08. The Morgan fingerprint density at radius 1 is 1.21 bits per heavy atom. The fourth-order valence-electron chi connectivity index (χ4n) is 1.74. The van der Waals surface area contributed by atoms with E-state index in [1.165, 1.54) is 24.4 Å². The first-order valence-electron chi connectivity index (χ1n) is 6.71. The number of hydrogen-bond acceptors (Lipinski definition) is 5. The number of non-ortho nitro benzene ring substituents is 1. The molecule has 2 aromatic rings. The molecule has 2 N–H and O–H groups in total. The van der Waals surface area contributed by atoms with Crippen LogP contribution in [0.25, 0.3) is 0 Å². The van der Waals surface area contributed by atoms with Crippen LogP contribution in [-0.4, -0.2) is 23.6 Å². The van der Waals surface area contributed by atoms with Gasteiger partial charge in [-0.05, 0) is 18.2 Å². The zero-order valence-corrected chi connectivity index (χ0v) is 13.7. The lowest BCUT2D eigenvalue weighted by Gasteiger charge is -2.06. The maximum Gasteiger partial charge on any atom is 0.270 e. The molecule has 24 heavy (non-hydrogen) atoms. The topological polar surface area (TPSA) is 96.6 Å². The van der Waals surface area contributed by atoms with E-state index in [0.717, 1.165) is 0 Å². The molecule has 124 valence electrons. The van der Waals surface area contributed by atoms with E-state index in [1.807, 2.05) is 0 Å². The summed E-state index contributed by atoms with van der Waals surface area (Å²) in [6.07, 6.45) is 1.24. The number of hydrazone groups is 1. The molecule has 2 aromatic carbocycles. The number of rotatable bonds is 6. The first-order chi connectivity index (χ1) is 11.5. The van der Waals surface area contributed by atoms with Crippen LogP contribution in [0, 0.1) is 10.1 Å². The molecule has 0 spiro atoms. The number of benzene rings is 2. The Kier molecular flexibility index (Phi) is 6.11. The van der Waals surface area contributed by atoms with E-state index >= 15 is 0 Å². The number of carbonyl (C=O) groups excluding carboxylic acids is 1. The van der Waals surface area contributed by atoms with Gasteiger partial charge >= 0.3 is 0 Å². The van der Waals surface area contributed by atoms with Gasteiger partial charge in [-0.15, -0.1) is 0 Å². The summed E-state index contributed by atoms with van der Waals surface area (Å²) in [4.78, 5) is 21.9. The lowest BCUT2D eigenvalue weighted by atomic mass is 10.2. The van der Waals surface area contributed by atoms with Gasteiger partial charge in [0.05, 0.1) is 28.4 Å². The highest BCUT2D eigenvalue weighted by molar-refractivity contribution is 6.33. The van der Waals surface area contributed by atoms with Crippen molar-refractivity contribution < 1.29 is 9.72 Å². The Labute approximate surface area is 147 Å². The molecule has 0 unspecified atom stereocenters. The molecule has 0 heterocycles. The van der Waals surface area contributed by atoms with E-state index in [0.29, 0.717) is 16.3 Å². The maximum atomic E-state index is 11.7. The van der Waals surface area contributed by atoms with Crippen molar-refractivity contribution in [3.05, 3.63) is 68.2 Å². The molecular formula is C15H12Cl2N4O3. The molecule has 9 heteroatoms. The molecule has 2 rings (SSSR count). The van der Waals surface area contributed by atoms with E-state index in [2.05, 4.69) is 15.8 Å². The van der Waals surface area contributed by atoms with Crippen molar-refractivity contribution in [2.45, 2.75) is 0 Å². The average Bonchev–Trinajstić information content (AvgIpc) is 2.55. The molecule has 0 fully saturated rings. The molecule has 1 amide bonds. The van der Waals surface area contributed by atoms with Crippen LogP contribution >= 0.6 is 23.2 Å². The number of para-hydroxylation sites is 1. The number of nitrogens with one attached hydrogen (secondary N) is 2. The summed E-state index contributed by atoms with van der Waals surface area (Å²) in [5.41, 5.74) is 3.12. The SMILES string of the molecule is O=C(CNc1ccccc1Cl)NN=Cc1cc([N+](=O)[O-])ccc1Cl. The van der Waals surface area contributed by atoms with Crippen LogP contribution in [0.3, 0.4) is 0 Å². The second kappa shape index (κ2) is 8.28. The van der Waals surface area contributed by atoms with Gasteiger partial charge < -0.3 is 5.32 Å². The van der Waals surface area contributed by atoms with Crippen LogP contribution in [0.5, 0.6) is 0 Å². The smallest absolute Gasteiger partial charge is 0.270 e. The minimum Gasteiger partial charge on any atom is -0.375 e. The van der Waals surface area contributed by atoms with Crippen molar-refractivity contribution in [3.8, 4) is 0 Å². The highest BCUT2D eigenvalue weighted by Crippen LogP contribution is 2.21. The first-order valence-corrected chi connectivity index (χ1v) is 7.47. The van der Waals surface area contributed by atoms with E-state index in [-0.39, 0.29) is 17.3 Å². The Bertz CT molecular complexity index is 796. The third kappa shape index (κ3) is 4.94. The summed E-state index contributed by atoms with van der Waals surface area (Å²) < 4.78 is 0. The van der Waals surface area contributed by atoms with Gasteiger partial charge in [0.2, 0.25) is 0 Å². The average molecular weight is 367 g/mol. The molecule has 0 bridgehead atoms. The monoisotopic (exact) mass is 366 g/mol. The van der Waals surface area contributed by atoms with Gasteiger partial charge in [0.15, 0.2) is 0 Å². The second-order valence-corrected chi connectivity index (χ2v) is 5.40. The Hall–Kier alpha value is -2.64. The molecule has 0 atom stereocenters. The van der Waals surface area contributed by atoms with E-state index < -0.39 is 10.8 Å². The zero-order valence-electron chi connectivity index (χ0n) is 12.2. The van der Waals surface area contributed by atoms with E-state index in [1.54, 1.807) is 24.3 Å². The van der Waals surface area contributed by atoms with Gasteiger partial charge in [0.1, 0.15) is 0 Å². The summed E-state index contributed by atoms with van der Waals surface area (Å²) in [6, 6.07) is 10.9. The molecular weight excluding hydrogens is 355 g/mol. The number of anilines is 1. The van der Waals surface area contributed by atoms with E-state index in [4.69, 9.17) is 23.2 Å². The van der Waals surface area contributed by atoms with Crippen LogP contribution < -0.4 is 10.7 Å². The molecule has 0 aliphatic rings. The predicted molar refractivity (Wildman–Crippen MR) is 93.8 cm³/mol. The number of hydrogen-bond donors (Lipinski definition) is 2. The molecule has 0 aliphatic heterocycles. The van der Waals surface area contributed by atoms with Gasteiger partial charge in [-0.3, -0.25) is 14.9 Å². The van der Waals surface area contributed by atoms with Crippen molar-refractivity contribution in [1.29, 1.82) is 0 Å². The second-order valence-electron chi connectivity index (χ2n) is 4.59. The van der Waals surface area contributed by atoms with Crippen molar-refractivity contribution in [2.24, 2.45) is 5.10 Å². The lowest BCUT2D eigenvalue weighted by molar-refractivity contribution is -0.384. The largest absolute Gasteiger partial charge is 0.375 e. The summed E-state index contributed by atoms with van der Waals surface area (Å²) in [6.45, 7) is -0.0380. The number of nitrogens with zero attached hydrogens (tertiary/aromatic N) is 2. The molecule has 0 saturated heterocycles. The van der Waals surface area contributed by atoms with Crippen LogP contribution in [0.4, 0.5) is 11.4 Å². The van der Waals surface area contributed by atoms with Crippen LogP contribution in [-0.2, 0) is 4.79 Å². The van der Waals surface area contributed by atoms with E-state index in [9.17, 15) is 14.9 Å². The highest BCUT2D eigenvalue weighted by atomic mass is 35.5. The Morgan fingerprint density at radius 3 is 2.67 bits per heavy atom. The van der Waals surface area contributed by atoms with Crippen LogP contribution in [0.15, 0.2) is 47.6 Å². The quantitative estimate of drug-likeness (QED) is 0.464. The fraction of sp³-hybridized carbons (Fsp3) is 0.0667. The predicted octanol–water partition coefficient (Wildman–Crippen LogP) is 3.46. The van der Waals surface area contributed by atoms with Crippen molar-refractivity contribution >= 4 is 46.7 Å². The third-order valence-electron chi connectivity index (χ3n) is 2.90. The standard InChI is InChI=1S/C15H12Cl2N4O3/c16-12-6-5-11(21(23)24)7-10(12)8-19-20-15(22)9-18-14-4-2-1-3-13(14)17/h1-8,18H,9H2,(H,20,22). The zero-order chi connectivity index (χ0) is 17.5.